The third-order valence-electron chi connectivity index (χ3n) is 4.02. The van der Waals surface area contributed by atoms with Crippen LogP contribution in [0.4, 0.5) is 13.2 Å². The van der Waals surface area contributed by atoms with Crippen LogP contribution in [0.3, 0.4) is 0 Å². The summed E-state index contributed by atoms with van der Waals surface area (Å²) in [6.07, 6.45) is -2.39. The van der Waals surface area contributed by atoms with Gasteiger partial charge in [0.25, 0.3) is 0 Å². The standard InChI is InChI=1S/C16H23F3N2/c1-11-4-5-12(2)14(8-11)15(20-3)9-21(13-6-7-13)10-16(17,18)19/h4-5,8,13,15,20H,6-7,9-10H2,1-3H3. The van der Waals surface area contributed by atoms with Crippen LogP contribution in [0.1, 0.15) is 35.6 Å². The van der Waals surface area contributed by atoms with E-state index in [2.05, 4.69) is 11.4 Å². The molecule has 0 aliphatic heterocycles. The zero-order valence-corrected chi connectivity index (χ0v) is 12.8. The van der Waals surface area contributed by atoms with Gasteiger partial charge in [-0.2, -0.15) is 13.2 Å². The van der Waals surface area contributed by atoms with Crippen LogP contribution < -0.4 is 5.32 Å². The van der Waals surface area contributed by atoms with E-state index in [4.69, 9.17) is 0 Å². The van der Waals surface area contributed by atoms with E-state index >= 15 is 0 Å². The molecule has 1 aromatic carbocycles. The first kappa shape index (κ1) is 16.3. The molecule has 0 spiro atoms. The molecule has 1 N–H and O–H groups in total. The van der Waals surface area contributed by atoms with E-state index in [1.807, 2.05) is 33.0 Å². The van der Waals surface area contributed by atoms with Gasteiger partial charge in [0.05, 0.1) is 6.54 Å². The largest absolute Gasteiger partial charge is 0.401 e. The van der Waals surface area contributed by atoms with Crippen molar-refractivity contribution in [3.8, 4) is 0 Å². The van der Waals surface area contributed by atoms with Crippen LogP contribution in [0, 0.1) is 13.8 Å². The minimum absolute atomic E-state index is 0.0761. The summed E-state index contributed by atoms with van der Waals surface area (Å²) in [5, 5.41) is 3.18. The van der Waals surface area contributed by atoms with Gasteiger partial charge in [0.15, 0.2) is 0 Å². The van der Waals surface area contributed by atoms with Crippen LogP contribution in [0.25, 0.3) is 0 Å². The summed E-state index contributed by atoms with van der Waals surface area (Å²) < 4.78 is 38.2. The van der Waals surface area contributed by atoms with Crippen molar-refractivity contribution < 1.29 is 13.2 Å². The molecule has 2 rings (SSSR count). The maximum atomic E-state index is 12.7. The summed E-state index contributed by atoms with van der Waals surface area (Å²) in [5.41, 5.74) is 3.33. The molecule has 2 nitrogen and oxygen atoms in total. The number of nitrogens with one attached hydrogen (secondary N) is 1. The van der Waals surface area contributed by atoms with E-state index in [1.165, 1.54) is 0 Å². The quantitative estimate of drug-likeness (QED) is 0.863. The number of nitrogens with zero attached hydrogens (tertiary/aromatic N) is 1. The molecule has 1 fully saturated rings. The van der Waals surface area contributed by atoms with Crippen molar-refractivity contribution >= 4 is 0 Å². The molecular weight excluding hydrogens is 277 g/mol. The summed E-state index contributed by atoms with van der Waals surface area (Å²) in [7, 11) is 1.81. The lowest BCUT2D eigenvalue weighted by atomic mass is 9.98. The van der Waals surface area contributed by atoms with Gasteiger partial charge in [-0.1, -0.05) is 23.8 Å². The molecule has 0 amide bonds. The first-order valence-corrected chi connectivity index (χ1v) is 7.35. The highest BCUT2D eigenvalue weighted by atomic mass is 19.4. The number of halogens is 3. The van der Waals surface area contributed by atoms with E-state index in [9.17, 15) is 13.2 Å². The average molecular weight is 300 g/mol. The molecule has 0 aromatic heterocycles. The summed E-state index contributed by atoms with van der Waals surface area (Å²) >= 11 is 0. The van der Waals surface area contributed by atoms with Gasteiger partial charge in [0.2, 0.25) is 0 Å². The Labute approximate surface area is 124 Å². The minimum atomic E-state index is -4.14. The second-order valence-electron chi connectivity index (χ2n) is 5.98. The monoisotopic (exact) mass is 300 g/mol. The maximum Gasteiger partial charge on any atom is 0.401 e. The van der Waals surface area contributed by atoms with Crippen LogP contribution in [-0.2, 0) is 0 Å². The topological polar surface area (TPSA) is 15.3 Å². The summed E-state index contributed by atoms with van der Waals surface area (Å²) in [6.45, 7) is 3.58. The highest BCUT2D eigenvalue weighted by Crippen LogP contribution is 2.32. The fourth-order valence-electron chi connectivity index (χ4n) is 2.73. The lowest BCUT2D eigenvalue weighted by Gasteiger charge is -2.29. The van der Waals surface area contributed by atoms with Gasteiger partial charge in [-0.05, 0) is 44.9 Å². The Morgan fingerprint density at radius 2 is 1.95 bits per heavy atom. The van der Waals surface area contributed by atoms with Crippen molar-refractivity contribution in [2.75, 3.05) is 20.1 Å². The minimum Gasteiger partial charge on any atom is -0.312 e. The van der Waals surface area contributed by atoms with Crippen molar-refractivity contribution in [2.24, 2.45) is 0 Å². The predicted octanol–water partition coefficient (Wildman–Crippen LogP) is 3.59. The number of hydrogen-bond donors (Lipinski definition) is 1. The van der Waals surface area contributed by atoms with Crippen molar-refractivity contribution in [3.63, 3.8) is 0 Å². The van der Waals surface area contributed by atoms with Gasteiger partial charge in [-0.25, -0.2) is 0 Å². The third kappa shape index (κ3) is 4.71. The molecule has 0 radical (unpaired) electrons. The van der Waals surface area contributed by atoms with E-state index in [0.29, 0.717) is 6.54 Å². The van der Waals surface area contributed by atoms with Gasteiger partial charge >= 0.3 is 6.18 Å². The molecule has 1 aliphatic carbocycles. The fourth-order valence-corrected chi connectivity index (χ4v) is 2.73. The van der Waals surface area contributed by atoms with Gasteiger partial charge in [-0.3, -0.25) is 4.90 Å². The molecule has 5 heteroatoms. The highest BCUT2D eigenvalue weighted by molar-refractivity contribution is 5.33. The van der Waals surface area contributed by atoms with Gasteiger partial charge in [0, 0.05) is 18.6 Å². The SMILES string of the molecule is CNC(CN(CC(F)(F)F)C1CC1)c1cc(C)ccc1C. The van der Waals surface area contributed by atoms with Crippen molar-refractivity contribution in [2.45, 2.75) is 44.9 Å². The zero-order chi connectivity index (χ0) is 15.6. The Kier molecular flexibility index (Phi) is 4.94. The lowest BCUT2D eigenvalue weighted by Crippen LogP contribution is -2.41. The number of hydrogen-bond acceptors (Lipinski definition) is 2. The van der Waals surface area contributed by atoms with E-state index in [-0.39, 0.29) is 12.1 Å². The van der Waals surface area contributed by atoms with Crippen LogP contribution in [0.5, 0.6) is 0 Å². The van der Waals surface area contributed by atoms with Crippen LogP contribution in [0.2, 0.25) is 0 Å². The summed E-state index contributed by atoms with van der Waals surface area (Å²) in [5.74, 6) is 0. The van der Waals surface area contributed by atoms with E-state index < -0.39 is 12.7 Å². The van der Waals surface area contributed by atoms with Crippen LogP contribution in [0.15, 0.2) is 18.2 Å². The van der Waals surface area contributed by atoms with Crippen molar-refractivity contribution in [1.29, 1.82) is 0 Å². The molecule has 0 saturated heterocycles. The number of aryl methyl sites for hydroxylation is 2. The van der Waals surface area contributed by atoms with E-state index in [0.717, 1.165) is 29.5 Å². The van der Waals surface area contributed by atoms with Crippen LogP contribution >= 0.6 is 0 Å². The number of rotatable bonds is 6. The first-order chi connectivity index (χ1) is 9.80. The average Bonchev–Trinajstić information content (AvgIpc) is 3.20. The van der Waals surface area contributed by atoms with Gasteiger partial charge in [-0.15, -0.1) is 0 Å². The van der Waals surface area contributed by atoms with Crippen molar-refractivity contribution in [1.82, 2.24) is 10.2 Å². The number of benzene rings is 1. The number of alkyl halides is 3. The Bertz CT molecular complexity index is 481. The normalized spacial score (nSPS) is 17.3. The molecule has 1 saturated carbocycles. The third-order valence-corrected chi connectivity index (χ3v) is 4.02. The molecule has 0 heterocycles. The Morgan fingerprint density at radius 3 is 2.48 bits per heavy atom. The number of likely N-dealkylation sites (N-methyl/N-ethyl adjacent to an activating group) is 1. The van der Waals surface area contributed by atoms with Gasteiger partial charge < -0.3 is 5.32 Å². The lowest BCUT2D eigenvalue weighted by molar-refractivity contribution is -0.147. The zero-order valence-electron chi connectivity index (χ0n) is 12.8. The van der Waals surface area contributed by atoms with Crippen LogP contribution in [-0.4, -0.2) is 37.3 Å². The molecule has 1 aromatic rings. The predicted molar refractivity (Wildman–Crippen MR) is 78.4 cm³/mol. The molecular formula is C16H23F3N2. The molecule has 1 aliphatic rings. The maximum absolute atomic E-state index is 12.7. The molecule has 1 atom stereocenters. The smallest absolute Gasteiger partial charge is 0.312 e. The Balaban J connectivity index is 2.14. The van der Waals surface area contributed by atoms with Crippen molar-refractivity contribution in [3.05, 3.63) is 34.9 Å². The molecule has 0 bridgehead atoms. The fraction of sp³-hybridized carbons (Fsp3) is 0.625. The summed E-state index contributed by atoms with van der Waals surface area (Å²) in [4.78, 5) is 1.57. The summed E-state index contributed by atoms with van der Waals surface area (Å²) in [6, 6.07) is 6.13. The van der Waals surface area contributed by atoms with E-state index in [1.54, 1.807) is 4.90 Å². The van der Waals surface area contributed by atoms with Gasteiger partial charge in [0.1, 0.15) is 0 Å². The second-order valence-corrected chi connectivity index (χ2v) is 5.98. The Hall–Kier alpha value is -1.07. The Morgan fingerprint density at radius 1 is 1.29 bits per heavy atom. The first-order valence-electron chi connectivity index (χ1n) is 7.35. The highest BCUT2D eigenvalue weighted by Gasteiger charge is 2.38. The molecule has 118 valence electrons. The molecule has 21 heavy (non-hydrogen) atoms. The second kappa shape index (κ2) is 6.36. The molecule has 1 unspecified atom stereocenters.